The van der Waals surface area contributed by atoms with Gasteiger partial charge in [-0.25, -0.2) is 0 Å². The molecule has 0 radical (unpaired) electrons. The zero-order valence-electron chi connectivity index (χ0n) is 13.2. The van der Waals surface area contributed by atoms with Crippen LogP contribution < -0.4 is 10.6 Å². The third-order valence-electron chi connectivity index (χ3n) is 3.90. The van der Waals surface area contributed by atoms with E-state index in [-0.39, 0.29) is 0 Å². The maximum atomic E-state index is 4.44. The maximum absolute atomic E-state index is 4.44. The molecule has 0 saturated heterocycles. The largest absolute Gasteiger partial charge is 0.365 e. The van der Waals surface area contributed by atoms with Gasteiger partial charge in [0.1, 0.15) is 0 Å². The van der Waals surface area contributed by atoms with Crippen LogP contribution in [0, 0.1) is 0 Å². The summed E-state index contributed by atoms with van der Waals surface area (Å²) in [4.78, 5) is 8.45. The molecule has 2 aromatic heterocycles. The monoisotopic (exact) mass is 310 g/mol. The normalized spacial score (nSPS) is 14.2. The summed E-state index contributed by atoms with van der Waals surface area (Å²) in [7, 11) is 0. The number of anilines is 2. The van der Waals surface area contributed by atoms with Gasteiger partial charge in [-0.1, -0.05) is 11.6 Å². The van der Waals surface area contributed by atoms with Gasteiger partial charge in [0.25, 0.3) is 0 Å². The van der Waals surface area contributed by atoms with Crippen molar-refractivity contribution in [3.05, 3.63) is 47.9 Å². The van der Waals surface area contributed by atoms with E-state index >= 15 is 0 Å². The fourth-order valence-electron chi connectivity index (χ4n) is 2.62. The summed E-state index contributed by atoms with van der Waals surface area (Å²) >= 11 is 0. The highest BCUT2D eigenvalue weighted by Crippen LogP contribution is 2.19. The van der Waals surface area contributed by atoms with Crippen LogP contribution in [0.3, 0.4) is 0 Å². The van der Waals surface area contributed by atoms with E-state index in [9.17, 15) is 0 Å². The van der Waals surface area contributed by atoms with E-state index in [1.165, 1.54) is 25.7 Å². The molecule has 0 unspecified atom stereocenters. The van der Waals surface area contributed by atoms with E-state index in [1.54, 1.807) is 24.2 Å². The first-order valence-electron chi connectivity index (χ1n) is 8.14. The molecule has 0 amide bonds. The first-order chi connectivity index (χ1) is 11.4. The molecule has 0 spiro atoms. The van der Waals surface area contributed by atoms with E-state index in [0.29, 0.717) is 12.5 Å². The molecule has 2 N–H and O–H groups in total. The van der Waals surface area contributed by atoms with Crippen molar-refractivity contribution >= 4 is 11.8 Å². The van der Waals surface area contributed by atoms with E-state index in [2.05, 4.69) is 36.9 Å². The Morgan fingerprint density at radius 1 is 1.09 bits per heavy atom. The number of pyridine rings is 1. The molecular formula is C17H22N6. The van der Waals surface area contributed by atoms with Gasteiger partial charge in [-0.15, -0.1) is 5.10 Å². The van der Waals surface area contributed by atoms with Crippen LogP contribution in [0.25, 0.3) is 0 Å². The number of allylic oxidation sites excluding steroid dienone is 1. The fraction of sp³-hybridized carbons (Fsp3) is 0.412. The lowest BCUT2D eigenvalue weighted by Gasteiger charge is -2.13. The van der Waals surface area contributed by atoms with Crippen LogP contribution in [0.5, 0.6) is 0 Å². The molecule has 2 aromatic rings. The number of nitrogens with one attached hydrogen (secondary N) is 2. The van der Waals surface area contributed by atoms with E-state index in [1.807, 2.05) is 12.1 Å². The molecule has 0 saturated carbocycles. The van der Waals surface area contributed by atoms with Gasteiger partial charge in [0, 0.05) is 25.5 Å². The molecule has 120 valence electrons. The molecule has 6 nitrogen and oxygen atoms in total. The molecule has 0 aliphatic heterocycles. The van der Waals surface area contributed by atoms with Crippen molar-refractivity contribution in [1.29, 1.82) is 0 Å². The Labute approximate surface area is 136 Å². The van der Waals surface area contributed by atoms with Crippen LogP contribution >= 0.6 is 0 Å². The summed E-state index contributed by atoms with van der Waals surface area (Å²) in [6.07, 6.45) is 13.7. The third kappa shape index (κ3) is 5.02. The van der Waals surface area contributed by atoms with Crippen molar-refractivity contribution < 1.29 is 0 Å². The number of hydrogen-bond donors (Lipinski definition) is 2. The Morgan fingerprint density at radius 2 is 2.00 bits per heavy atom. The van der Waals surface area contributed by atoms with Gasteiger partial charge < -0.3 is 10.6 Å². The van der Waals surface area contributed by atoms with Crippen LogP contribution in [-0.2, 0) is 6.54 Å². The Balaban J connectivity index is 1.48. The standard InChI is InChI=1S/C17H22N6/c1-2-4-14(5-3-1)8-11-19-17-22-16(13-21-23-17)20-12-15-6-9-18-10-7-15/h4,6-7,9-10,13H,1-3,5,8,11-12H2,(H2,19,20,22,23). The quantitative estimate of drug-likeness (QED) is 0.765. The molecule has 1 aliphatic carbocycles. The van der Waals surface area contributed by atoms with Crippen LogP contribution in [0.15, 0.2) is 42.4 Å². The molecule has 0 fully saturated rings. The van der Waals surface area contributed by atoms with Crippen molar-refractivity contribution in [2.75, 3.05) is 17.2 Å². The second kappa shape index (κ2) is 8.22. The smallest absolute Gasteiger partial charge is 0.244 e. The minimum absolute atomic E-state index is 0.570. The second-order valence-corrected chi connectivity index (χ2v) is 5.66. The topological polar surface area (TPSA) is 75.6 Å². The molecule has 0 atom stereocenters. The molecule has 6 heteroatoms. The second-order valence-electron chi connectivity index (χ2n) is 5.66. The van der Waals surface area contributed by atoms with Crippen molar-refractivity contribution in [2.24, 2.45) is 0 Å². The Morgan fingerprint density at radius 3 is 2.83 bits per heavy atom. The zero-order valence-corrected chi connectivity index (χ0v) is 13.2. The minimum Gasteiger partial charge on any atom is -0.365 e. The Bertz CT molecular complexity index is 641. The first-order valence-corrected chi connectivity index (χ1v) is 8.14. The summed E-state index contributed by atoms with van der Waals surface area (Å²) in [6.45, 7) is 1.54. The average molecular weight is 310 g/mol. The highest BCUT2D eigenvalue weighted by atomic mass is 15.3. The summed E-state index contributed by atoms with van der Waals surface area (Å²) in [5.74, 6) is 1.29. The van der Waals surface area contributed by atoms with Crippen LogP contribution in [0.4, 0.5) is 11.8 Å². The molecule has 2 heterocycles. The summed E-state index contributed by atoms with van der Waals surface area (Å²) in [5.41, 5.74) is 2.70. The average Bonchev–Trinajstić information content (AvgIpc) is 2.62. The lowest BCUT2D eigenvalue weighted by Crippen LogP contribution is -2.10. The number of nitrogens with zero attached hydrogens (tertiary/aromatic N) is 4. The number of hydrogen-bond acceptors (Lipinski definition) is 6. The van der Waals surface area contributed by atoms with Crippen molar-refractivity contribution in [3.8, 4) is 0 Å². The van der Waals surface area contributed by atoms with Crippen molar-refractivity contribution in [1.82, 2.24) is 20.2 Å². The van der Waals surface area contributed by atoms with Gasteiger partial charge in [-0.05, 0) is 49.8 Å². The zero-order chi connectivity index (χ0) is 15.7. The predicted octanol–water partition coefficient (Wildman–Crippen LogP) is 3.18. The van der Waals surface area contributed by atoms with Gasteiger partial charge in [-0.2, -0.15) is 10.1 Å². The van der Waals surface area contributed by atoms with Crippen LogP contribution in [-0.4, -0.2) is 26.7 Å². The summed E-state index contributed by atoms with van der Waals surface area (Å²) < 4.78 is 0. The van der Waals surface area contributed by atoms with Crippen molar-refractivity contribution in [3.63, 3.8) is 0 Å². The van der Waals surface area contributed by atoms with Gasteiger partial charge in [0.15, 0.2) is 5.82 Å². The minimum atomic E-state index is 0.570. The van der Waals surface area contributed by atoms with Gasteiger partial charge in [-0.3, -0.25) is 4.98 Å². The van der Waals surface area contributed by atoms with Crippen LogP contribution in [0.1, 0.15) is 37.7 Å². The van der Waals surface area contributed by atoms with Crippen molar-refractivity contribution in [2.45, 2.75) is 38.6 Å². The number of aromatic nitrogens is 4. The SMILES string of the molecule is C1=C(CCNc2nncc(NCc3ccncc3)n2)CCCC1. The van der Waals surface area contributed by atoms with E-state index < -0.39 is 0 Å². The summed E-state index contributed by atoms with van der Waals surface area (Å²) in [5, 5.41) is 14.5. The van der Waals surface area contributed by atoms with Crippen LogP contribution in [0.2, 0.25) is 0 Å². The van der Waals surface area contributed by atoms with E-state index in [0.717, 1.165) is 24.3 Å². The highest BCUT2D eigenvalue weighted by molar-refractivity contribution is 5.37. The lowest BCUT2D eigenvalue weighted by atomic mass is 9.97. The fourth-order valence-corrected chi connectivity index (χ4v) is 2.62. The first kappa shape index (κ1) is 15.4. The molecule has 0 aromatic carbocycles. The molecule has 23 heavy (non-hydrogen) atoms. The molecule has 1 aliphatic rings. The van der Waals surface area contributed by atoms with Gasteiger partial charge in [0.05, 0.1) is 6.20 Å². The van der Waals surface area contributed by atoms with Gasteiger partial charge in [0.2, 0.25) is 5.95 Å². The predicted molar refractivity (Wildman–Crippen MR) is 91.0 cm³/mol. The van der Waals surface area contributed by atoms with E-state index in [4.69, 9.17) is 0 Å². The summed E-state index contributed by atoms with van der Waals surface area (Å²) in [6, 6.07) is 3.94. The highest BCUT2D eigenvalue weighted by Gasteiger charge is 2.04. The molecular weight excluding hydrogens is 288 g/mol. The Kier molecular flexibility index (Phi) is 5.50. The molecule has 0 bridgehead atoms. The van der Waals surface area contributed by atoms with Gasteiger partial charge >= 0.3 is 0 Å². The molecule has 3 rings (SSSR count). The number of rotatable bonds is 7. The lowest BCUT2D eigenvalue weighted by molar-refractivity contribution is 0.678. The Hall–Kier alpha value is -2.50. The maximum Gasteiger partial charge on any atom is 0.244 e. The third-order valence-corrected chi connectivity index (χ3v) is 3.90.